The number of pyridine rings is 1. The fourth-order valence-electron chi connectivity index (χ4n) is 2.29. The Morgan fingerprint density at radius 3 is 2.62 bits per heavy atom. The normalized spacial score (nSPS) is 11.9. The monoisotopic (exact) mass is 298 g/mol. The Bertz CT molecular complexity index is 626. The molecular formula is C15H17F3N2O. The summed E-state index contributed by atoms with van der Waals surface area (Å²) >= 11 is 0. The molecule has 21 heavy (non-hydrogen) atoms. The Balaban J connectivity index is 2.38. The number of hydrogen-bond donors (Lipinski definition) is 1. The number of aryl methyl sites for hydroxylation is 2. The molecular weight excluding hydrogens is 281 g/mol. The van der Waals surface area contributed by atoms with Crippen LogP contribution in [-0.4, -0.2) is 17.9 Å². The predicted octanol–water partition coefficient (Wildman–Crippen LogP) is 3.72. The molecule has 2 N–H and O–H groups in total. The molecule has 1 aromatic carbocycles. The van der Waals surface area contributed by atoms with E-state index in [4.69, 9.17) is 5.73 Å². The van der Waals surface area contributed by atoms with Crippen LogP contribution in [0.15, 0.2) is 24.3 Å². The topological polar surface area (TPSA) is 48.1 Å². The SMILES string of the molecule is Cc1cc(CCCCN)c2cc(OC(F)(F)F)ccc2n1. The number of nitrogens with two attached hydrogens (primary N) is 1. The summed E-state index contributed by atoms with van der Waals surface area (Å²) in [5, 5.41) is 0.694. The van der Waals surface area contributed by atoms with Gasteiger partial charge in [0.1, 0.15) is 5.75 Å². The van der Waals surface area contributed by atoms with Gasteiger partial charge in [0.25, 0.3) is 0 Å². The average molecular weight is 298 g/mol. The predicted molar refractivity (Wildman–Crippen MR) is 75.2 cm³/mol. The van der Waals surface area contributed by atoms with Gasteiger partial charge in [-0.3, -0.25) is 4.98 Å². The molecule has 0 aliphatic heterocycles. The molecule has 0 spiro atoms. The summed E-state index contributed by atoms with van der Waals surface area (Å²) in [6.07, 6.45) is -2.17. The van der Waals surface area contributed by atoms with Crippen molar-refractivity contribution in [1.29, 1.82) is 0 Å². The van der Waals surface area contributed by atoms with E-state index in [1.165, 1.54) is 12.1 Å². The lowest BCUT2D eigenvalue weighted by Crippen LogP contribution is -2.17. The first-order valence-corrected chi connectivity index (χ1v) is 6.75. The standard InChI is InChI=1S/C15H17F3N2O/c1-10-8-11(4-2-3-7-19)13-9-12(21-15(16,17)18)5-6-14(13)20-10/h5-6,8-9H,2-4,7,19H2,1H3. The lowest BCUT2D eigenvalue weighted by atomic mass is 10.0. The Morgan fingerprint density at radius 2 is 1.95 bits per heavy atom. The van der Waals surface area contributed by atoms with Crippen molar-refractivity contribution in [3.8, 4) is 5.75 Å². The van der Waals surface area contributed by atoms with Gasteiger partial charge in [-0.2, -0.15) is 0 Å². The van der Waals surface area contributed by atoms with Gasteiger partial charge in [0.15, 0.2) is 0 Å². The minimum Gasteiger partial charge on any atom is -0.406 e. The number of benzene rings is 1. The number of alkyl halides is 3. The molecule has 3 nitrogen and oxygen atoms in total. The second-order valence-electron chi connectivity index (χ2n) is 4.90. The zero-order chi connectivity index (χ0) is 15.5. The van der Waals surface area contributed by atoms with Gasteiger partial charge in [-0.05, 0) is 62.6 Å². The minimum atomic E-state index is -4.69. The summed E-state index contributed by atoms with van der Waals surface area (Å²) in [5.41, 5.74) is 7.96. The average Bonchev–Trinajstić information content (AvgIpc) is 2.37. The molecule has 0 unspecified atom stereocenters. The Kier molecular flexibility index (Phi) is 4.67. The zero-order valence-electron chi connectivity index (χ0n) is 11.7. The van der Waals surface area contributed by atoms with E-state index in [0.29, 0.717) is 17.4 Å². The number of rotatable bonds is 5. The van der Waals surface area contributed by atoms with Crippen LogP contribution in [0.2, 0.25) is 0 Å². The number of unbranched alkanes of at least 4 members (excludes halogenated alkanes) is 1. The summed E-state index contributed by atoms with van der Waals surface area (Å²) in [4.78, 5) is 4.34. The van der Waals surface area contributed by atoms with Crippen molar-refractivity contribution in [3.63, 3.8) is 0 Å². The van der Waals surface area contributed by atoms with E-state index in [1.807, 2.05) is 13.0 Å². The minimum absolute atomic E-state index is 0.222. The fourth-order valence-corrected chi connectivity index (χ4v) is 2.29. The van der Waals surface area contributed by atoms with Crippen LogP contribution in [0, 0.1) is 6.92 Å². The highest BCUT2D eigenvalue weighted by Gasteiger charge is 2.31. The van der Waals surface area contributed by atoms with Gasteiger partial charge in [-0.25, -0.2) is 0 Å². The van der Waals surface area contributed by atoms with Crippen molar-refractivity contribution in [2.45, 2.75) is 32.5 Å². The maximum atomic E-state index is 12.3. The Hall–Kier alpha value is -1.82. The van der Waals surface area contributed by atoms with Crippen LogP contribution >= 0.6 is 0 Å². The van der Waals surface area contributed by atoms with Gasteiger partial charge < -0.3 is 10.5 Å². The molecule has 1 heterocycles. The number of nitrogens with zero attached hydrogens (tertiary/aromatic N) is 1. The molecule has 0 saturated carbocycles. The van der Waals surface area contributed by atoms with Crippen molar-refractivity contribution in [2.75, 3.05) is 6.54 Å². The molecule has 0 aliphatic carbocycles. The molecule has 0 saturated heterocycles. The maximum Gasteiger partial charge on any atom is 0.573 e. The summed E-state index contributed by atoms with van der Waals surface area (Å²) in [7, 11) is 0. The third-order valence-electron chi connectivity index (χ3n) is 3.13. The third-order valence-corrected chi connectivity index (χ3v) is 3.13. The van der Waals surface area contributed by atoms with E-state index in [1.54, 1.807) is 6.07 Å². The molecule has 0 radical (unpaired) electrons. The van der Waals surface area contributed by atoms with Crippen molar-refractivity contribution in [1.82, 2.24) is 4.98 Å². The molecule has 0 bridgehead atoms. The Labute approximate surface area is 120 Å². The molecule has 2 rings (SSSR count). The maximum absolute atomic E-state index is 12.3. The Morgan fingerprint density at radius 1 is 1.19 bits per heavy atom. The number of fused-ring (bicyclic) bond motifs is 1. The third kappa shape index (κ3) is 4.32. The number of hydrogen-bond acceptors (Lipinski definition) is 3. The first-order chi connectivity index (χ1) is 9.89. The summed E-state index contributed by atoms with van der Waals surface area (Å²) in [5.74, 6) is -0.222. The zero-order valence-corrected chi connectivity index (χ0v) is 11.7. The quantitative estimate of drug-likeness (QED) is 0.856. The van der Waals surface area contributed by atoms with Crippen LogP contribution in [0.3, 0.4) is 0 Å². The first-order valence-electron chi connectivity index (χ1n) is 6.75. The second-order valence-corrected chi connectivity index (χ2v) is 4.90. The molecule has 2 aromatic rings. The van der Waals surface area contributed by atoms with Gasteiger partial charge in [0, 0.05) is 11.1 Å². The largest absolute Gasteiger partial charge is 0.573 e. The van der Waals surface area contributed by atoms with Gasteiger partial charge >= 0.3 is 6.36 Å². The van der Waals surface area contributed by atoms with Crippen molar-refractivity contribution < 1.29 is 17.9 Å². The van der Waals surface area contributed by atoms with Gasteiger partial charge in [0.05, 0.1) is 5.52 Å². The van der Waals surface area contributed by atoms with Crippen molar-refractivity contribution >= 4 is 10.9 Å². The summed E-state index contributed by atoms with van der Waals surface area (Å²) in [6, 6.07) is 6.13. The molecule has 0 fully saturated rings. The lowest BCUT2D eigenvalue weighted by molar-refractivity contribution is -0.274. The van der Waals surface area contributed by atoms with E-state index >= 15 is 0 Å². The lowest BCUT2D eigenvalue weighted by Gasteiger charge is -2.12. The fraction of sp³-hybridized carbons (Fsp3) is 0.400. The van der Waals surface area contributed by atoms with E-state index < -0.39 is 6.36 Å². The highest BCUT2D eigenvalue weighted by molar-refractivity contribution is 5.84. The van der Waals surface area contributed by atoms with E-state index in [2.05, 4.69) is 9.72 Å². The second kappa shape index (κ2) is 6.30. The van der Waals surface area contributed by atoms with Gasteiger partial charge in [-0.1, -0.05) is 0 Å². The first kappa shape index (κ1) is 15.6. The highest BCUT2D eigenvalue weighted by Crippen LogP contribution is 2.28. The van der Waals surface area contributed by atoms with E-state index in [9.17, 15) is 13.2 Å². The van der Waals surface area contributed by atoms with Crippen molar-refractivity contribution in [3.05, 3.63) is 35.5 Å². The van der Waals surface area contributed by atoms with Crippen LogP contribution in [0.25, 0.3) is 10.9 Å². The van der Waals surface area contributed by atoms with Crippen LogP contribution in [0.5, 0.6) is 5.75 Å². The van der Waals surface area contributed by atoms with Gasteiger partial charge in [-0.15, -0.1) is 13.2 Å². The molecule has 114 valence electrons. The summed E-state index contributed by atoms with van der Waals surface area (Å²) in [6.45, 7) is 2.47. The van der Waals surface area contributed by atoms with E-state index in [0.717, 1.165) is 30.5 Å². The summed E-state index contributed by atoms with van der Waals surface area (Å²) < 4.78 is 40.9. The van der Waals surface area contributed by atoms with Crippen molar-refractivity contribution in [2.24, 2.45) is 5.73 Å². The molecule has 0 aliphatic rings. The van der Waals surface area contributed by atoms with Crippen LogP contribution in [-0.2, 0) is 6.42 Å². The van der Waals surface area contributed by atoms with Gasteiger partial charge in [0.2, 0.25) is 0 Å². The van der Waals surface area contributed by atoms with E-state index in [-0.39, 0.29) is 5.75 Å². The highest BCUT2D eigenvalue weighted by atomic mass is 19.4. The number of aromatic nitrogens is 1. The smallest absolute Gasteiger partial charge is 0.406 e. The van der Waals surface area contributed by atoms with Crippen LogP contribution in [0.4, 0.5) is 13.2 Å². The van der Waals surface area contributed by atoms with Crippen LogP contribution in [0.1, 0.15) is 24.1 Å². The molecule has 1 aromatic heterocycles. The molecule has 0 amide bonds. The molecule has 6 heteroatoms. The van der Waals surface area contributed by atoms with Crippen LogP contribution < -0.4 is 10.5 Å². The molecule has 0 atom stereocenters. The number of halogens is 3. The number of ether oxygens (including phenoxy) is 1.